The molecule has 1 N–H and O–H groups in total. The van der Waals surface area contributed by atoms with Crippen LogP contribution in [0.15, 0.2) is 36.0 Å². The second-order valence-electron chi connectivity index (χ2n) is 17.9. The quantitative estimate of drug-likeness (QED) is 0.0327. The molecule has 4 nitrogen and oxygen atoms in total. The molecular formula is C45H76O4. The van der Waals surface area contributed by atoms with Crippen LogP contribution in [0.25, 0.3) is 0 Å². The van der Waals surface area contributed by atoms with Gasteiger partial charge in [0, 0.05) is 12.8 Å². The van der Waals surface area contributed by atoms with E-state index in [9.17, 15) is 10.1 Å². The van der Waals surface area contributed by atoms with Crippen LogP contribution in [0.1, 0.15) is 183 Å². The Balaban J connectivity index is 1.14. The molecule has 1 unspecified atom stereocenters. The monoisotopic (exact) mass is 681 g/mol. The van der Waals surface area contributed by atoms with E-state index in [0.29, 0.717) is 17.3 Å². The van der Waals surface area contributed by atoms with Crippen LogP contribution in [0.3, 0.4) is 0 Å². The molecule has 4 aliphatic rings. The summed E-state index contributed by atoms with van der Waals surface area (Å²) in [6.45, 7) is 14.8. The predicted molar refractivity (Wildman–Crippen MR) is 205 cm³/mol. The van der Waals surface area contributed by atoms with Crippen LogP contribution in [-0.2, 0) is 14.4 Å². The first-order valence-electron chi connectivity index (χ1n) is 21.1. The van der Waals surface area contributed by atoms with E-state index < -0.39 is 0 Å². The summed E-state index contributed by atoms with van der Waals surface area (Å²) in [6.07, 6.45) is 36.3. The minimum absolute atomic E-state index is 0.00235. The van der Waals surface area contributed by atoms with Crippen LogP contribution in [0.4, 0.5) is 0 Å². The molecule has 9 atom stereocenters. The Bertz CT molecular complexity index is 1070. The molecule has 0 aliphatic heterocycles. The van der Waals surface area contributed by atoms with Crippen LogP contribution in [-0.4, -0.2) is 23.4 Å². The van der Waals surface area contributed by atoms with Gasteiger partial charge in [-0.3, -0.25) is 10.1 Å². The minimum Gasteiger partial charge on any atom is -0.462 e. The van der Waals surface area contributed by atoms with Crippen LogP contribution < -0.4 is 0 Å². The second-order valence-corrected chi connectivity index (χ2v) is 17.9. The summed E-state index contributed by atoms with van der Waals surface area (Å²) in [4.78, 5) is 17.5. The van der Waals surface area contributed by atoms with Gasteiger partial charge in [-0.1, -0.05) is 135 Å². The van der Waals surface area contributed by atoms with E-state index in [1.807, 2.05) is 12.2 Å². The Morgan fingerprint density at radius 1 is 0.898 bits per heavy atom. The number of carbonyl (C=O) groups is 1. The number of carbonyl (C=O) groups excluding carboxylic acids is 1. The Hall–Kier alpha value is -1.39. The Kier molecular flexibility index (Phi) is 16.5. The fourth-order valence-electron chi connectivity index (χ4n) is 11.2. The molecule has 4 heteroatoms. The molecule has 0 amide bonds. The third kappa shape index (κ3) is 11.1. The maximum atomic E-state index is 12.8. The lowest BCUT2D eigenvalue weighted by molar-refractivity contribution is -0.267. The maximum absolute atomic E-state index is 12.8. The largest absolute Gasteiger partial charge is 0.462 e. The van der Waals surface area contributed by atoms with Gasteiger partial charge in [-0.15, -0.1) is 0 Å². The molecular weight excluding hydrogens is 604 g/mol. The van der Waals surface area contributed by atoms with Gasteiger partial charge in [0.1, 0.15) is 12.2 Å². The van der Waals surface area contributed by atoms with Gasteiger partial charge in [0.15, 0.2) is 0 Å². The number of rotatable bonds is 21. The summed E-state index contributed by atoms with van der Waals surface area (Å²) in [6, 6.07) is 0. The Labute approximate surface area is 302 Å². The predicted octanol–water partition coefficient (Wildman–Crippen LogP) is 13.2. The van der Waals surface area contributed by atoms with Crippen LogP contribution in [0, 0.1) is 46.3 Å². The van der Waals surface area contributed by atoms with Gasteiger partial charge in [0.05, 0.1) is 0 Å². The first-order chi connectivity index (χ1) is 23.6. The number of hydrogen-bond acceptors (Lipinski definition) is 4. The van der Waals surface area contributed by atoms with E-state index in [0.717, 1.165) is 93.3 Å². The van der Waals surface area contributed by atoms with Crippen molar-refractivity contribution in [3.8, 4) is 0 Å². The number of ether oxygens (including phenoxy) is 1. The van der Waals surface area contributed by atoms with Gasteiger partial charge in [0.25, 0.3) is 0 Å². The molecule has 49 heavy (non-hydrogen) atoms. The van der Waals surface area contributed by atoms with Crippen LogP contribution in [0.5, 0.6) is 0 Å². The van der Waals surface area contributed by atoms with Crippen molar-refractivity contribution in [2.24, 2.45) is 46.3 Å². The second kappa shape index (κ2) is 20.0. The third-order valence-corrected chi connectivity index (χ3v) is 14.1. The van der Waals surface area contributed by atoms with Crippen molar-refractivity contribution < 1.29 is 19.7 Å². The molecule has 0 aromatic heterocycles. The highest BCUT2D eigenvalue weighted by molar-refractivity contribution is 5.69. The summed E-state index contributed by atoms with van der Waals surface area (Å²) >= 11 is 0. The van der Waals surface area contributed by atoms with Gasteiger partial charge in [-0.05, 0) is 117 Å². The first-order valence-corrected chi connectivity index (χ1v) is 21.1. The van der Waals surface area contributed by atoms with Gasteiger partial charge in [-0.25, -0.2) is 4.89 Å². The molecule has 4 aliphatic carbocycles. The molecule has 280 valence electrons. The van der Waals surface area contributed by atoms with Crippen molar-refractivity contribution in [2.45, 2.75) is 195 Å². The zero-order chi connectivity index (χ0) is 35.3. The molecule has 0 saturated heterocycles. The number of fused-ring (bicyclic) bond motifs is 5. The molecule has 0 bridgehead atoms. The van der Waals surface area contributed by atoms with E-state index in [4.69, 9.17) is 4.74 Å². The molecule has 0 aromatic rings. The van der Waals surface area contributed by atoms with E-state index in [1.165, 1.54) is 77.0 Å². The third-order valence-electron chi connectivity index (χ3n) is 14.1. The molecule has 0 heterocycles. The zero-order valence-electron chi connectivity index (χ0n) is 32.7. The van der Waals surface area contributed by atoms with Gasteiger partial charge >= 0.3 is 5.97 Å². The molecule has 0 aromatic carbocycles. The van der Waals surface area contributed by atoms with Crippen molar-refractivity contribution in [3.05, 3.63) is 36.0 Å². The van der Waals surface area contributed by atoms with E-state index in [1.54, 1.807) is 5.57 Å². The normalized spacial score (nSPS) is 32.6. The van der Waals surface area contributed by atoms with Crippen molar-refractivity contribution in [3.63, 3.8) is 0 Å². The van der Waals surface area contributed by atoms with Crippen LogP contribution in [0.2, 0.25) is 0 Å². The summed E-state index contributed by atoms with van der Waals surface area (Å²) in [5, 5.41) is 9.24. The van der Waals surface area contributed by atoms with Crippen molar-refractivity contribution in [1.82, 2.24) is 0 Å². The number of hydrogen-bond donors (Lipinski definition) is 1. The average Bonchev–Trinajstić information content (AvgIpc) is 3.43. The van der Waals surface area contributed by atoms with Gasteiger partial charge < -0.3 is 4.74 Å². The van der Waals surface area contributed by atoms with Gasteiger partial charge in [0.2, 0.25) is 0 Å². The van der Waals surface area contributed by atoms with Gasteiger partial charge in [-0.2, -0.15) is 0 Å². The lowest BCUT2D eigenvalue weighted by Crippen LogP contribution is -2.51. The van der Waals surface area contributed by atoms with Crippen molar-refractivity contribution >= 4 is 5.97 Å². The van der Waals surface area contributed by atoms with E-state index in [2.05, 4.69) is 64.7 Å². The fraction of sp³-hybridized carbons (Fsp3) is 0.844. The lowest BCUT2D eigenvalue weighted by Gasteiger charge is -2.58. The smallest absolute Gasteiger partial charge is 0.306 e. The molecule has 3 fully saturated rings. The SMILES string of the molecule is CCCCC/C=C\C=C/C(CCCCCCCC(=O)O[C@H]1CC[C@@]2(C)C(=CC[C@H]3[C@@H]4CC[C@H]([C@H](C)CCCC(C)C)[C@@]4(C)CC[C@@H]32)C1)OO. The summed E-state index contributed by atoms with van der Waals surface area (Å²) in [5.74, 6) is 5.14. The van der Waals surface area contributed by atoms with E-state index in [-0.39, 0.29) is 18.2 Å². The molecule has 3 saturated carbocycles. The number of esters is 1. The summed E-state index contributed by atoms with van der Waals surface area (Å²) in [7, 11) is 0. The standard InChI is InChI=1S/C45H76O4/c1-7-8-9-10-11-13-16-22-37(49-47)23-17-14-12-15-18-24-43(46)48-38-29-31-44(5)36(33-38)25-26-39-41-28-27-40(35(4)21-19-20-34(2)3)45(41,6)32-30-42(39)44/h11,13,16,22,25,34-35,37-42,47H,7-10,12,14-15,17-21,23-24,26-33H2,1-6H3/b13-11-,22-16-/t35-,37?,38+,39+,40-,41+,42+,44+,45-/m1/s1. The summed E-state index contributed by atoms with van der Waals surface area (Å²) in [5.41, 5.74) is 2.45. The highest BCUT2D eigenvalue weighted by Crippen LogP contribution is 2.67. The Morgan fingerprint density at radius 3 is 2.47 bits per heavy atom. The van der Waals surface area contributed by atoms with Crippen molar-refractivity contribution in [2.75, 3.05) is 0 Å². The topological polar surface area (TPSA) is 55.8 Å². The molecule has 0 spiro atoms. The number of unbranched alkanes of at least 4 members (excludes halogenated alkanes) is 7. The Morgan fingerprint density at radius 2 is 1.69 bits per heavy atom. The zero-order valence-corrected chi connectivity index (χ0v) is 32.7. The average molecular weight is 681 g/mol. The van der Waals surface area contributed by atoms with Crippen LogP contribution >= 0.6 is 0 Å². The highest BCUT2D eigenvalue weighted by atomic mass is 17.1. The fourth-order valence-corrected chi connectivity index (χ4v) is 11.2. The lowest BCUT2D eigenvalue weighted by atomic mass is 9.47. The molecule has 4 rings (SSSR count). The first kappa shape index (κ1) is 40.4. The number of allylic oxidation sites excluding steroid dienone is 4. The summed E-state index contributed by atoms with van der Waals surface area (Å²) < 4.78 is 6.10. The maximum Gasteiger partial charge on any atom is 0.306 e. The van der Waals surface area contributed by atoms with Crippen molar-refractivity contribution in [1.29, 1.82) is 0 Å². The minimum atomic E-state index is -0.246. The molecule has 0 radical (unpaired) electrons. The van der Waals surface area contributed by atoms with E-state index >= 15 is 0 Å². The highest BCUT2D eigenvalue weighted by Gasteiger charge is 2.59.